The van der Waals surface area contributed by atoms with Crippen LogP contribution in [0.25, 0.3) is 0 Å². The first-order chi connectivity index (χ1) is 8.56. The van der Waals surface area contributed by atoms with E-state index in [-0.39, 0.29) is 22.4 Å². The molecule has 2 aromatic heterocycles. The summed E-state index contributed by atoms with van der Waals surface area (Å²) in [6, 6.07) is 3.91. The van der Waals surface area contributed by atoms with Gasteiger partial charge in [-0.05, 0) is 6.07 Å². The van der Waals surface area contributed by atoms with Crippen LogP contribution in [0.3, 0.4) is 0 Å². The van der Waals surface area contributed by atoms with Crippen LogP contribution in [0.1, 0.15) is 10.5 Å². The number of nitrogens with zero attached hydrogens (tertiary/aromatic N) is 3. The second-order valence-electron chi connectivity index (χ2n) is 3.21. The molecular formula is C9H6ClN5O3. The molecule has 18 heavy (non-hydrogen) atoms. The third-order valence-corrected chi connectivity index (χ3v) is 2.17. The fraction of sp³-hybridized carbons (Fsp3) is 0. The van der Waals surface area contributed by atoms with Crippen LogP contribution in [-0.2, 0) is 0 Å². The summed E-state index contributed by atoms with van der Waals surface area (Å²) in [5.41, 5.74) is -0.0593. The first-order valence-electron chi connectivity index (χ1n) is 4.69. The van der Waals surface area contributed by atoms with E-state index in [1.165, 1.54) is 18.2 Å². The highest BCUT2D eigenvalue weighted by Gasteiger charge is 2.11. The normalized spacial score (nSPS) is 10.1. The summed E-state index contributed by atoms with van der Waals surface area (Å²) in [7, 11) is 0. The Hall–Kier alpha value is -2.48. The van der Waals surface area contributed by atoms with Gasteiger partial charge in [0.15, 0.2) is 5.69 Å². The van der Waals surface area contributed by atoms with Crippen LogP contribution in [0.15, 0.2) is 24.4 Å². The number of carbonyl (C=O) groups excluding carboxylic acids is 1. The lowest BCUT2D eigenvalue weighted by Gasteiger charge is -2.00. The van der Waals surface area contributed by atoms with Crippen molar-refractivity contribution in [3.63, 3.8) is 0 Å². The Kier molecular flexibility index (Phi) is 3.20. The van der Waals surface area contributed by atoms with Gasteiger partial charge in [-0.25, -0.2) is 4.98 Å². The van der Waals surface area contributed by atoms with Crippen molar-refractivity contribution in [2.45, 2.75) is 0 Å². The SMILES string of the molecule is O=C(Nc1ccc([N+](=O)[O-])cn1)c1cc(Cl)[nH]n1. The molecule has 2 heterocycles. The van der Waals surface area contributed by atoms with Gasteiger partial charge in [0.25, 0.3) is 11.6 Å². The summed E-state index contributed by atoms with van der Waals surface area (Å²) in [4.78, 5) is 25.2. The zero-order valence-electron chi connectivity index (χ0n) is 8.75. The number of aromatic nitrogens is 3. The molecular weight excluding hydrogens is 262 g/mol. The number of nitro groups is 1. The van der Waals surface area contributed by atoms with Crippen LogP contribution in [0.4, 0.5) is 11.5 Å². The van der Waals surface area contributed by atoms with Crippen LogP contribution in [0, 0.1) is 10.1 Å². The Balaban J connectivity index is 2.10. The molecule has 1 amide bonds. The number of halogens is 1. The van der Waals surface area contributed by atoms with E-state index in [4.69, 9.17) is 11.6 Å². The number of nitrogens with one attached hydrogen (secondary N) is 2. The first kappa shape index (κ1) is 12.0. The Morgan fingerprint density at radius 2 is 2.28 bits per heavy atom. The molecule has 0 aromatic carbocycles. The van der Waals surface area contributed by atoms with Gasteiger partial charge >= 0.3 is 0 Å². The molecule has 8 nitrogen and oxygen atoms in total. The third kappa shape index (κ3) is 2.61. The van der Waals surface area contributed by atoms with Crippen molar-refractivity contribution in [2.75, 3.05) is 5.32 Å². The van der Waals surface area contributed by atoms with Gasteiger partial charge in [0, 0.05) is 12.1 Å². The van der Waals surface area contributed by atoms with Crippen molar-refractivity contribution < 1.29 is 9.72 Å². The molecule has 2 N–H and O–H groups in total. The van der Waals surface area contributed by atoms with Gasteiger partial charge in [-0.3, -0.25) is 20.0 Å². The number of amides is 1. The monoisotopic (exact) mass is 267 g/mol. The van der Waals surface area contributed by atoms with Crippen LogP contribution in [0.5, 0.6) is 0 Å². The summed E-state index contributed by atoms with van der Waals surface area (Å²) in [5, 5.41) is 19.1. The molecule has 0 unspecified atom stereocenters. The maximum atomic E-state index is 11.6. The molecule has 9 heteroatoms. The van der Waals surface area contributed by atoms with Gasteiger partial charge in [0.2, 0.25) is 0 Å². The zero-order valence-corrected chi connectivity index (χ0v) is 9.51. The molecule has 0 aliphatic carbocycles. The van der Waals surface area contributed by atoms with Gasteiger partial charge in [-0.15, -0.1) is 0 Å². The predicted molar refractivity (Wildman–Crippen MR) is 62.4 cm³/mol. The van der Waals surface area contributed by atoms with Crippen LogP contribution in [-0.4, -0.2) is 26.0 Å². The van der Waals surface area contributed by atoms with Crippen LogP contribution >= 0.6 is 11.6 Å². The van der Waals surface area contributed by atoms with E-state index in [9.17, 15) is 14.9 Å². The minimum atomic E-state index is -0.577. The second-order valence-corrected chi connectivity index (χ2v) is 3.62. The number of pyridine rings is 1. The van der Waals surface area contributed by atoms with E-state index in [0.717, 1.165) is 6.20 Å². The number of H-pyrrole nitrogens is 1. The molecule has 0 aliphatic rings. The molecule has 0 radical (unpaired) electrons. The predicted octanol–water partition coefficient (Wildman–Crippen LogP) is 1.62. The van der Waals surface area contributed by atoms with E-state index in [0.29, 0.717) is 0 Å². The topological polar surface area (TPSA) is 114 Å². The fourth-order valence-electron chi connectivity index (χ4n) is 1.16. The number of aromatic amines is 1. The standard InChI is InChI=1S/C9H6ClN5O3/c10-7-3-6(13-14-7)9(16)12-8-2-1-5(4-11-8)15(17)18/h1-4H,(H,13,14)(H,11,12,16). The zero-order chi connectivity index (χ0) is 13.1. The molecule has 2 aromatic rings. The lowest BCUT2D eigenvalue weighted by Crippen LogP contribution is -2.13. The summed E-state index contributed by atoms with van der Waals surface area (Å²) in [5.74, 6) is -0.329. The van der Waals surface area contributed by atoms with Gasteiger partial charge in [0.05, 0.1) is 4.92 Å². The molecule has 0 atom stereocenters. The van der Waals surface area contributed by atoms with Gasteiger partial charge in [-0.2, -0.15) is 5.10 Å². The average Bonchev–Trinajstić information content (AvgIpc) is 2.76. The highest BCUT2D eigenvalue weighted by atomic mass is 35.5. The van der Waals surface area contributed by atoms with E-state index in [1.54, 1.807) is 0 Å². The van der Waals surface area contributed by atoms with Crippen molar-refractivity contribution >= 4 is 29.0 Å². The number of carbonyl (C=O) groups is 1. The molecule has 0 aliphatic heterocycles. The average molecular weight is 268 g/mol. The summed E-state index contributed by atoms with van der Waals surface area (Å²) in [6.45, 7) is 0. The van der Waals surface area contributed by atoms with E-state index >= 15 is 0 Å². The number of hydrogen-bond acceptors (Lipinski definition) is 5. The minimum absolute atomic E-state index is 0.0974. The largest absolute Gasteiger partial charge is 0.305 e. The van der Waals surface area contributed by atoms with E-state index < -0.39 is 10.8 Å². The summed E-state index contributed by atoms with van der Waals surface area (Å²) < 4.78 is 0. The van der Waals surface area contributed by atoms with E-state index in [2.05, 4.69) is 20.5 Å². The number of hydrogen-bond donors (Lipinski definition) is 2. The maximum Gasteiger partial charge on any atom is 0.287 e. The first-order valence-corrected chi connectivity index (χ1v) is 5.07. The van der Waals surface area contributed by atoms with E-state index in [1.807, 2.05) is 0 Å². The molecule has 2 rings (SSSR count). The lowest BCUT2D eigenvalue weighted by atomic mass is 10.4. The molecule has 0 fully saturated rings. The minimum Gasteiger partial charge on any atom is -0.305 e. The summed E-state index contributed by atoms with van der Waals surface area (Å²) in [6.07, 6.45) is 1.05. The molecule has 0 saturated carbocycles. The Morgan fingerprint density at radius 1 is 1.50 bits per heavy atom. The van der Waals surface area contributed by atoms with Crippen LogP contribution < -0.4 is 5.32 Å². The summed E-state index contributed by atoms with van der Waals surface area (Å²) >= 11 is 5.57. The maximum absolute atomic E-state index is 11.6. The molecule has 0 saturated heterocycles. The van der Waals surface area contributed by atoms with Crippen molar-refractivity contribution in [3.05, 3.63) is 45.4 Å². The molecule has 0 bridgehead atoms. The second kappa shape index (κ2) is 4.80. The van der Waals surface area contributed by atoms with Crippen molar-refractivity contribution in [1.82, 2.24) is 15.2 Å². The third-order valence-electron chi connectivity index (χ3n) is 1.98. The Bertz CT molecular complexity index is 595. The smallest absolute Gasteiger partial charge is 0.287 e. The van der Waals surface area contributed by atoms with Crippen molar-refractivity contribution in [2.24, 2.45) is 0 Å². The van der Waals surface area contributed by atoms with Crippen molar-refractivity contribution in [1.29, 1.82) is 0 Å². The fourth-order valence-corrected chi connectivity index (χ4v) is 1.31. The molecule has 0 spiro atoms. The highest BCUT2D eigenvalue weighted by Crippen LogP contribution is 2.13. The Labute approximate surface area is 105 Å². The quantitative estimate of drug-likeness (QED) is 0.648. The van der Waals surface area contributed by atoms with Gasteiger partial charge < -0.3 is 5.32 Å². The van der Waals surface area contributed by atoms with Crippen LogP contribution in [0.2, 0.25) is 5.15 Å². The Morgan fingerprint density at radius 3 is 2.78 bits per heavy atom. The van der Waals surface area contributed by atoms with Gasteiger partial charge in [-0.1, -0.05) is 11.6 Å². The lowest BCUT2D eigenvalue weighted by molar-refractivity contribution is -0.385. The van der Waals surface area contributed by atoms with Gasteiger partial charge in [0.1, 0.15) is 17.2 Å². The number of rotatable bonds is 3. The highest BCUT2D eigenvalue weighted by molar-refractivity contribution is 6.29. The number of anilines is 1. The molecule has 92 valence electrons. The van der Waals surface area contributed by atoms with Crippen molar-refractivity contribution in [3.8, 4) is 0 Å².